The van der Waals surface area contributed by atoms with Crippen molar-refractivity contribution in [3.63, 3.8) is 0 Å². The first kappa shape index (κ1) is 21.5. The highest BCUT2D eigenvalue weighted by molar-refractivity contribution is 7.98. The fourth-order valence-electron chi connectivity index (χ4n) is 2.69. The van der Waals surface area contributed by atoms with Crippen molar-refractivity contribution in [1.82, 2.24) is 15.3 Å². The number of anilines is 1. The normalized spacial score (nSPS) is 14.1. The number of hydrogen-bond acceptors (Lipinski definition) is 6. The van der Waals surface area contributed by atoms with Crippen LogP contribution in [0.4, 0.5) is 19.0 Å². The van der Waals surface area contributed by atoms with Gasteiger partial charge in [-0.3, -0.25) is 4.79 Å². The van der Waals surface area contributed by atoms with Crippen molar-refractivity contribution in [2.45, 2.75) is 43.8 Å². The smallest absolute Gasteiger partial charge is 0.433 e. The number of hydrogen-bond donors (Lipinski definition) is 1. The number of carbonyl (C=O) groups is 1. The van der Waals surface area contributed by atoms with E-state index >= 15 is 0 Å². The molecule has 0 atom stereocenters. The molecule has 1 saturated carbocycles. The van der Waals surface area contributed by atoms with Crippen molar-refractivity contribution < 1.29 is 22.4 Å². The third kappa shape index (κ3) is 5.88. The Bertz CT molecular complexity index is 848. The molecule has 2 aromatic heterocycles. The van der Waals surface area contributed by atoms with Crippen LogP contribution in [-0.2, 0) is 11.9 Å². The molecule has 0 bridgehead atoms. The van der Waals surface area contributed by atoms with Crippen LogP contribution in [0.25, 0.3) is 0 Å². The Kier molecular flexibility index (Phi) is 6.71. The molecule has 1 aliphatic rings. The molecule has 2 heterocycles. The summed E-state index contributed by atoms with van der Waals surface area (Å²) >= 11 is 1.04. The van der Waals surface area contributed by atoms with E-state index in [0.717, 1.165) is 30.7 Å². The molecule has 1 N–H and O–H groups in total. The van der Waals surface area contributed by atoms with Gasteiger partial charge < -0.3 is 14.6 Å². The van der Waals surface area contributed by atoms with Crippen LogP contribution >= 0.6 is 11.8 Å². The van der Waals surface area contributed by atoms with Gasteiger partial charge in [-0.1, -0.05) is 11.8 Å². The average Bonchev–Trinajstić information content (AvgIpc) is 3.40. The van der Waals surface area contributed by atoms with E-state index in [0.29, 0.717) is 31.3 Å². The Labute approximate surface area is 171 Å². The van der Waals surface area contributed by atoms with E-state index in [1.807, 2.05) is 13.8 Å². The zero-order valence-corrected chi connectivity index (χ0v) is 17.1. The van der Waals surface area contributed by atoms with E-state index in [-0.39, 0.29) is 28.4 Å². The van der Waals surface area contributed by atoms with Crippen molar-refractivity contribution in [2.75, 3.05) is 24.5 Å². The van der Waals surface area contributed by atoms with E-state index < -0.39 is 11.9 Å². The van der Waals surface area contributed by atoms with Crippen molar-refractivity contribution in [2.24, 2.45) is 5.92 Å². The van der Waals surface area contributed by atoms with Gasteiger partial charge in [0.1, 0.15) is 11.6 Å². The number of halogens is 3. The molecule has 0 unspecified atom stereocenters. The summed E-state index contributed by atoms with van der Waals surface area (Å²) in [7, 11) is 0. The van der Waals surface area contributed by atoms with E-state index in [9.17, 15) is 18.0 Å². The highest BCUT2D eigenvalue weighted by Gasteiger charge is 2.34. The third-order valence-corrected chi connectivity index (χ3v) is 5.42. The molecule has 1 fully saturated rings. The summed E-state index contributed by atoms with van der Waals surface area (Å²) in [5.41, 5.74) is -0.975. The molecule has 0 aliphatic heterocycles. The largest absolute Gasteiger partial charge is 0.455 e. The maximum absolute atomic E-state index is 13.2. The number of rotatable bonds is 9. The third-order valence-electron chi connectivity index (χ3n) is 4.55. The zero-order chi connectivity index (χ0) is 21.0. The van der Waals surface area contributed by atoms with Gasteiger partial charge in [-0.25, -0.2) is 9.97 Å². The number of alkyl halides is 3. The van der Waals surface area contributed by atoms with Crippen LogP contribution in [0.2, 0.25) is 0 Å². The number of aromatic nitrogens is 2. The summed E-state index contributed by atoms with van der Waals surface area (Å²) in [5, 5.41) is 2.82. The van der Waals surface area contributed by atoms with E-state index in [1.54, 1.807) is 17.0 Å². The number of nitrogens with one attached hydrogen (secondary N) is 1. The van der Waals surface area contributed by atoms with E-state index in [1.165, 1.54) is 0 Å². The van der Waals surface area contributed by atoms with Gasteiger partial charge in [-0.15, -0.1) is 0 Å². The van der Waals surface area contributed by atoms with Crippen LogP contribution < -0.4 is 10.2 Å². The van der Waals surface area contributed by atoms with Crippen molar-refractivity contribution in [3.8, 4) is 0 Å². The SMILES string of the molecule is CCN(CC)c1cc(C(F)(F)F)nc(SCc2ccc(C(=O)NCC3CC3)o2)n1. The minimum Gasteiger partial charge on any atom is -0.455 e. The molecule has 2 aromatic rings. The number of nitrogens with zero attached hydrogens (tertiary/aromatic N) is 3. The van der Waals surface area contributed by atoms with Crippen LogP contribution in [-0.4, -0.2) is 35.5 Å². The van der Waals surface area contributed by atoms with Gasteiger partial charge in [0.2, 0.25) is 0 Å². The molecule has 158 valence electrons. The average molecular weight is 428 g/mol. The lowest BCUT2D eigenvalue weighted by atomic mass is 10.3. The molecule has 3 rings (SSSR count). The lowest BCUT2D eigenvalue weighted by Crippen LogP contribution is -2.24. The second kappa shape index (κ2) is 9.06. The second-order valence-electron chi connectivity index (χ2n) is 6.77. The van der Waals surface area contributed by atoms with E-state index in [4.69, 9.17) is 4.42 Å². The number of furan rings is 1. The van der Waals surface area contributed by atoms with Crippen LogP contribution in [0.3, 0.4) is 0 Å². The molecule has 0 spiro atoms. The van der Waals surface area contributed by atoms with Gasteiger partial charge in [-0.05, 0) is 44.7 Å². The van der Waals surface area contributed by atoms with Gasteiger partial charge >= 0.3 is 6.18 Å². The lowest BCUT2D eigenvalue weighted by Gasteiger charge is -2.21. The lowest BCUT2D eigenvalue weighted by molar-refractivity contribution is -0.141. The first-order chi connectivity index (χ1) is 13.8. The molecule has 29 heavy (non-hydrogen) atoms. The molecular formula is C19H23F3N4O2S. The van der Waals surface area contributed by atoms with Gasteiger partial charge in [0, 0.05) is 25.7 Å². The molecule has 6 nitrogen and oxygen atoms in total. The first-order valence-corrected chi connectivity index (χ1v) is 10.5. The van der Waals surface area contributed by atoms with Gasteiger partial charge in [-0.2, -0.15) is 13.2 Å². The van der Waals surface area contributed by atoms with Gasteiger partial charge in [0.25, 0.3) is 5.91 Å². The molecule has 0 radical (unpaired) electrons. The van der Waals surface area contributed by atoms with Crippen molar-refractivity contribution in [1.29, 1.82) is 0 Å². The molecule has 0 saturated heterocycles. The summed E-state index contributed by atoms with van der Waals surface area (Å²) in [6, 6.07) is 4.16. The quantitative estimate of drug-likeness (QED) is 0.473. The van der Waals surface area contributed by atoms with Crippen molar-refractivity contribution >= 4 is 23.5 Å². The summed E-state index contributed by atoms with van der Waals surface area (Å²) in [6.45, 7) is 5.41. The highest BCUT2D eigenvalue weighted by Crippen LogP contribution is 2.32. The minimum atomic E-state index is -4.56. The number of thioether (sulfide) groups is 1. The van der Waals surface area contributed by atoms with Gasteiger partial charge in [0.15, 0.2) is 16.6 Å². The van der Waals surface area contributed by atoms with Crippen LogP contribution in [0, 0.1) is 5.92 Å². The monoisotopic (exact) mass is 428 g/mol. The van der Waals surface area contributed by atoms with Crippen LogP contribution in [0.5, 0.6) is 0 Å². The fourth-order valence-corrected chi connectivity index (χ4v) is 3.44. The fraction of sp³-hybridized carbons (Fsp3) is 0.526. The molecule has 1 amide bonds. The highest BCUT2D eigenvalue weighted by atomic mass is 32.2. The summed E-state index contributed by atoms with van der Waals surface area (Å²) in [6.07, 6.45) is -2.29. The Hall–Kier alpha value is -2.23. The van der Waals surface area contributed by atoms with Crippen molar-refractivity contribution in [3.05, 3.63) is 35.4 Å². The minimum absolute atomic E-state index is 0.0119. The van der Waals surface area contributed by atoms with E-state index in [2.05, 4.69) is 15.3 Å². The summed E-state index contributed by atoms with van der Waals surface area (Å²) in [4.78, 5) is 21.7. The Morgan fingerprint density at radius 1 is 1.28 bits per heavy atom. The second-order valence-corrected chi connectivity index (χ2v) is 7.71. The Balaban J connectivity index is 1.69. The summed E-state index contributed by atoms with van der Waals surface area (Å²) in [5.74, 6) is 1.38. The maximum atomic E-state index is 13.2. The molecule has 1 aliphatic carbocycles. The summed E-state index contributed by atoms with van der Waals surface area (Å²) < 4.78 is 45.2. The number of amides is 1. The van der Waals surface area contributed by atoms with Crippen LogP contribution in [0.1, 0.15) is 48.7 Å². The first-order valence-electron chi connectivity index (χ1n) is 9.51. The Morgan fingerprint density at radius 3 is 2.62 bits per heavy atom. The van der Waals surface area contributed by atoms with Gasteiger partial charge in [0.05, 0.1) is 5.75 Å². The molecular weight excluding hydrogens is 405 g/mol. The topological polar surface area (TPSA) is 71.3 Å². The predicted octanol–water partition coefficient (Wildman–Crippen LogP) is 4.37. The molecule has 0 aromatic carbocycles. The van der Waals surface area contributed by atoms with Crippen LogP contribution in [0.15, 0.2) is 27.8 Å². The number of carbonyl (C=O) groups excluding carboxylic acids is 1. The zero-order valence-electron chi connectivity index (χ0n) is 16.3. The standard InChI is InChI=1S/C19H23F3N4O2S/c1-3-26(4-2)16-9-15(19(20,21)22)24-18(25-16)29-11-13-7-8-14(28-13)17(27)23-10-12-5-6-12/h7-9,12H,3-6,10-11H2,1-2H3,(H,23,27). The Morgan fingerprint density at radius 2 is 2.00 bits per heavy atom. The maximum Gasteiger partial charge on any atom is 0.433 e. The predicted molar refractivity (Wildman–Crippen MR) is 104 cm³/mol. The molecule has 10 heteroatoms.